The Bertz CT molecular complexity index is 658. The number of amides is 1. The smallest absolute Gasteiger partial charge is 0.225 e. The molecule has 28 heavy (non-hydrogen) atoms. The number of aryl methyl sites for hydroxylation is 1. The Kier molecular flexibility index (Phi) is 9.55. The molecule has 0 spiro atoms. The summed E-state index contributed by atoms with van der Waals surface area (Å²) < 4.78 is 0. The van der Waals surface area contributed by atoms with Crippen molar-refractivity contribution in [3.63, 3.8) is 0 Å². The van der Waals surface area contributed by atoms with Crippen LogP contribution in [0.2, 0.25) is 0 Å². The first-order chi connectivity index (χ1) is 13.2. The number of nitrogens with zero attached hydrogens (tertiary/aromatic N) is 2. The zero-order valence-electron chi connectivity index (χ0n) is 17.2. The van der Waals surface area contributed by atoms with E-state index in [0.717, 1.165) is 51.3 Å². The van der Waals surface area contributed by atoms with Crippen molar-refractivity contribution in [3.05, 3.63) is 35.4 Å². The van der Waals surface area contributed by atoms with Crippen molar-refractivity contribution in [2.24, 2.45) is 10.9 Å². The largest absolute Gasteiger partial charge is 0.352 e. The Morgan fingerprint density at radius 2 is 1.86 bits per heavy atom. The zero-order chi connectivity index (χ0) is 19.1. The van der Waals surface area contributed by atoms with Crippen molar-refractivity contribution in [1.82, 2.24) is 15.5 Å². The average Bonchev–Trinajstić information content (AvgIpc) is 3.19. The normalized spacial score (nSPS) is 20.6. The second-order valence-electron chi connectivity index (χ2n) is 7.80. The summed E-state index contributed by atoms with van der Waals surface area (Å²) in [7, 11) is 1.81. The van der Waals surface area contributed by atoms with Crippen LogP contribution < -0.4 is 10.6 Å². The molecule has 0 radical (unpaired) electrons. The van der Waals surface area contributed by atoms with E-state index >= 15 is 0 Å². The molecule has 0 aromatic heterocycles. The Hall–Kier alpha value is -1.31. The van der Waals surface area contributed by atoms with E-state index < -0.39 is 0 Å². The van der Waals surface area contributed by atoms with E-state index in [4.69, 9.17) is 0 Å². The minimum Gasteiger partial charge on any atom is -0.352 e. The molecule has 1 heterocycles. The molecule has 1 aliphatic heterocycles. The molecular formula is C22H35IN4O. The van der Waals surface area contributed by atoms with Gasteiger partial charge < -0.3 is 15.5 Å². The van der Waals surface area contributed by atoms with E-state index in [1.807, 2.05) is 0 Å². The maximum atomic E-state index is 12.7. The summed E-state index contributed by atoms with van der Waals surface area (Å²) in [5.41, 5.74) is 2.68. The summed E-state index contributed by atoms with van der Waals surface area (Å²) >= 11 is 0. The van der Waals surface area contributed by atoms with Crippen molar-refractivity contribution >= 4 is 35.8 Å². The van der Waals surface area contributed by atoms with Crippen LogP contribution in [0.5, 0.6) is 0 Å². The lowest BCUT2D eigenvalue weighted by Crippen LogP contribution is -2.45. The number of hydrogen-bond donors (Lipinski definition) is 2. The predicted octanol–water partition coefficient (Wildman–Crippen LogP) is 3.71. The fraction of sp³-hybridized carbons (Fsp3) is 0.636. The van der Waals surface area contributed by atoms with E-state index in [1.165, 1.54) is 30.4 Å². The SMILES string of the molecule is CCc1ccccc1CNC(=NC)NC1CCN(C(=O)C2CCCCC2)C1.I. The van der Waals surface area contributed by atoms with E-state index in [2.05, 4.69) is 51.7 Å². The first kappa shape index (κ1) is 23.0. The second kappa shape index (κ2) is 11.6. The van der Waals surface area contributed by atoms with Gasteiger partial charge in [-0.15, -0.1) is 24.0 Å². The topological polar surface area (TPSA) is 56.7 Å². The molecule has 1 amide bonds. The minimum atomic E-state index is 0. The number of nitrogens with one attached hydrogen (secondary N) is 2. The first-order valence-corrected chi connectivity index (χ1v) is 10.5. The molecule has 1 atom stereocenters. The molecular weight excluding hydrogens is 463 g/mol. The van der Waals surface area contributed by atoms with Crippen molar-refractivity contribution < 1.29 is 4.79 Å². The Balaban J connectivity index is 0.00000280. The summed E-state index contributed by atoms with van der Waals surface area (Å²) in [4.78, 5) is 19.2. The Labute approximate surface area is 186 Å². The highest BCUT2D eigenvalue weighted by Gasteiger charge is 2.31. The number of guanidine groups is 1. The summed E-state index contributed by atoms with van der Waals surface area (Å²) in [5, 5.41) is 6.94. The summed E-state index contributed by atoms with van der Waals surface area (Å²) in [6, 6.07) is 8.80. The number of likely N-dealkylation sites (tertiary alicyclic amines) is 1. The van der Waals surface area contributed by atoms with Gasteiger partial charge >= 0.3 is 0 Å². The molecule has 156 valence electrons. The van der Waals surface area contributed by atoms with Crippen molar-refractivity contribution in [1.29, 1.82) is 0 Å². The van der Waals surface area contributed by atoms with Crippen molar-refractivity contribution in [3.8, 4) is 0 Å². The maximum Gasteiger partial charge on any atom is 0.225 e. The molecule has 6 heteroatoms. The van der Waals surface area contributed by atoms with Gasteiger partial charge in [-0.05, 0) is 36.8 Å². The number of hydrogen-bond acceptors (Lipinski definition) is 2. The monoisotopic (exact) mass is 498 g/mol. The lowest BCUT2D eigenvalue weighted by molar-refractivity contribution is -0.135. The predicted molar refractivity (Wildman–Crippen MR) is 126 cm³/mol. The molecule has 1 aromatic carbocycles. The van der Waals surface area contributed by atoms with Gasteiger partial charge in [0, 0.05) is 38.6 Å². The molecule has 1 aliphatic carbocycles. The van der Waals surface area contributed by atoms with Crippen LogP contribution in [0, 0.1) is 5.92 Å². The van der Waals surface area contributed by atoms with Crippen LogP contribution in [0.4, 0.5) is 0 Å². The van der Waals surface area contributed by atoms with Gasteiger partial charge in [0.05, 0.1) is 0 Å². The standard InChI is InChI=1S/C22H34N4O.HI/c1-3-17-9-7-8-12-19(17)15-24-22(23-2)25-20-13-14-26(16-20)21(27)18-10-5-4-6-11-18;/h7-9,12,18,20H,3-6,10-11,13-16H2,1-2H3,(H2,23,24,25);1H. The molecule has 2 aliphatic rings. The highest BCUT2D eigenvalue weighted by atomic mass is 127. The Morgan fingerprint density at radius 3 is 2.54 bits per heavy atom. The molecule has 1 aromatic rings. The van der Waals surface area contributed by atoms with Gasteiger partial charge in [0.1, 0.15) is 0 Å². The number of carbonyl (C=O) groups is 1. The third-order valence-electron chi connectivity index (χ3n) is 5.96. The maximum absolute atomic E-state index is 12.7. The number of halogens is 1. The zero-order valence-corrected chi connectivity index (χ0v) is 19.6. The van der Waals surface area contributed by atoms with Gasteiger partial charge in [0.25, 0.3) is 0 Å². The van der Waals surface area contributed by atoms with Gasteiger partial charge in [0.2, 0.25) is 5.91 Å². The molecule has 0 bridgehead atoms. The van der Waals surface area contributed by atoms with Crippen LogP contribution in [0.25, 0.3) is 0 Å². The van der Waals surface area contributed by atoms with Crippen molar-refractivity contribution in [2.75, 3.05) is 20.1 Å². The van der Waals surface area contributed by atoms with Crippen LogP contribution in [-0.2, 0) is 17.8 Å². The minimum absolute atomic E-state index is 0. The summed E-state index contributed by atoms with van der Waals surface area (Å²) in [6.07, 6.45) is 7.89. The third-order valence-corrected chi connectivity index (χ3v) is 5.96. The second-order valence-corrected chi connectivity index (χ2v) is 7.80. The van der Waals surface area contributed by atoms with E-state index in [1.54, 1.807) is 7.05 Å². The fourth-order valence-corrected chi connectivity index (χ4v) is 4.33. The lowest BCUT2D eigenvalue weighted by Gasteiger charge is -2.26. The van der Waals surface area contributed by atoms with E-state index in [-0.39, 0.29) is 35.9 Å². The van der Waals surface area contributed by atoms with Crippen LogP contribution in [0.3, 0.4) is 0 Å². The van der Waals surface area contributed by atoms with Crippen LogP contribution in [-0.4, -0.2) is 42.9 Å². The number of rotatable bonds is 5. The fourth-order valence-electron chi connectivity index (χ4n) is 4.33. The molecule has 2 fully saturated rings. The van der Waals surface area contributed by atoms with Crippen LogP contribution >= 0.6 is 24.0 Å². The molecule has 1 saturated carbocycles. The van der Waals surface area contributed by atoms with E-state index in [0.29, 0.717) is 5.91 Å². The highest BCUT2D eigenvalue weighted by Crippen LogP contribution is 2.26. The van der Waals surface area contributed by atoms with Gasteiger partial charge in [0.15, 0.2) is 5.96 Å². The number of benzene rings is 1. The van der Waals surface area contributed by atoms with E-state index in [9.17, 15) is 4.79 Å². The van der Waals surface area contributed by atoms with Crippen LogP contribution in [0.15, 0.2) is 29.3 Å². The van der Waals surface area contributed by atoms with Gasteiger partial charge in [-0.3, -0.25) is 9.79 Å². The number of aliphatic imine (C=N–C) groups is 1. The third kappa shape index (κ3) is 6.09. The van der Waals surface area contributed by atoms with Gasteiger partial charge in [-0.25, -0.2) is 0 Å². The Morgan fingerprint density at radius 1 is 1.14 bits per heavy atom. The van der Waals surface area contributed by atoms with Gasteiger partial charge in [-0.2, -0.15) is 0 Å². The quantitative estimate of drug-likeness (QED) is 0.370. The summed E-state index contributed by atoms with van der Waals surface area (Å²) in [6.45, 7) is 4.60. The molecule has 3 rings (SSSR count). The number of carbonyl (C=O) groups excluding carboxylic acids is 1. The molecule has 1 unspecified atom stereocenters. The summed E-state index contributed by atoms with van der Waals surface area (Å²) in [5.74, 6) is 1.46. The van der Waals surface area contributed by atoms with Crippen molar-refractivity contribution in [2.45, 2.75) is 64.5 Å². The lowest BCUT2D eigenvalue weighted by atomic mass is 9.88. The molecule has 1 saturated heterocycles. The van der Waals surface area contributed by atoms with Gasteiger partial charge in [-0.1, -0.05) is 50.5 Å². The highest BCUT2D eigenvalue weighted by molar-refractivity contribution is 14.0. The molecule has 5 nitrogen and oxygen atoms in total. The average molecular weight is 498 g/mol. The molecule has 2 N–H and O–H groups in total. The van der Waals surface area contributed by atoms with Crippen LogP contribution in [0.1, 0.15) is 56.6 Å². The first-order valence-electron chi connectivity index (χ1n) is 10.5.